The number of amides is 1. The number of carbonyl (C=O) groups excluding carboxylic acids is 1. The van der Waals surface area contributed by atoms with Crippen molar-refractivity contribution >= 4 is 5.91 Å². The summed E-state index contributed by atoms with van der Waals surface area (Å²) in [7, 11) is 1.42. The molecule has 1 rings (SSSR count). The number of aromatic nitrogens is 2. The number of nitrogens with one attached hydrogen (secondary N) is 2. The van der Waals surface area contributed by atoms with Crippen molar-refractivity contribution in [2.75, 3.05) is 7.05 Å². The molecule has 0 aliphatic heterocycles. The third-order valence-electron chi connectivity index (χ3n) is 2.58. The van der Waals surface area contributed by atoms with Gasteiger partial charge in [-0.15, -0.1) is 0 Å². The third kappa shape index (κ3) is 2.22. The van der Waals surface area contributed by atoms with Crippen LogP contribution in [0, 0.1) is 0 Å². The number of carbonyl (C=O) groups is 1. The Hall–Kier alpha value is -2.05. The van der Waals surface area contributed by atoms with Gasteiger partial charge < -0.3 is 10.4 Å². The molecule has 0 aromatic carbocycles. The molecule has 0 saturated heterocycles. The maximum absolute atomic E-state index is 11.6. The zero-order valence-electron chi connectivity index (χ0n) is 9.90. The van der Waals surface area contributed by atoms with Gasteiger partial charge in [0, 0.05) is 7.05 Å². The van der Waals surface area contributed by atoms with Crippen LogP contribution < -0.4 is 16.6 Å². The molecule has 0 fully saturated rings. The van der Waals surface area contributed by atoms with Gasteiger partial charge in [0.05, 0.1) is 5.56 Å². The lowest BCUT2D eigenvalue weighted by molar-refractivity contribution is -0.123. The summed E-state index contributed by atoms with van der Waals surface area (Å²) in [5, 5.41) is 12.2. The van der Waals surface area contributed by atoms with Gasteiger partial charge in [-0.3, -0.25) is 19.1 Å². The normalized spacial score (nSPS) is 12.2. The molecule has 7 heteroatoms. The lowest BCUT2D eigenvalue weighted by atomic mass is 10.2. The first kappa shape index (κ1) is 13.0. The van der Waals surface area contributed by atoms with E-state index in [-0.39, 0.29) is 12.0 Å². The molecule has 0 bridgehead atoms. The van der Waals surface area contributed by atoms with E-state index in [9.17, 15) is 19.5 Å². The van der Waals surface area contributed by atoms with Gasteiger partial charge in [-0.2, -0.15) is 0 Å². The molecule has 3 N–H and O–H groups in total. The summed E-state index contributed by atoms with van der Waals surface area (Å²) >= 11 is 0. The summed E-state index contributed by atoms with van der Waals surface area (Å²) in [5.74, 6) is -0.895. The highest BCUT2D eigenvalue weighted by Crippen LogP contribution is 2.15. The lowest BCUT2D eigenvalue weighted by Gasteiger charge is -2.16. The monoisotopic (exact) mass is 241 g/mol. The van der Waals surface area contributed by atoms with E-state index in [0.29, 0.717) is 0 Å². The molecule has 0 aliphatic carbocycles. The fourth-order valence-electron chi connectivity index (χ4n) is 1.58. The van der Waals surface area contributed by atoms with Crippen LogP contribution in [0.4, 0.5) is 0 Å². The van der Waals surface area contributed by atoms with E-state index >= 15 is 0 Å². The number of nitrogens with zero attached hydrogens (tertiary/aromatic N) is 1. The second kappa shape index (κ2) is 4.86. The second-order valence-corrected chi connectivity index (χ2v) is 3.58. The van der Waals surface area contributed by atoms with Crippen LogP contribution in [0.25, 0.3) is 0 Å². The van der Waals surface area contributed by atoms with Crippen LogP contribution in [0.1, 0.15) is 25.5 Å². The van der Waals surface area contributed by atoms with Crippen LogP contribution in [-0.4, -0.2) is 27.6 Å². The first-order valence-electron chi connectivity index (χ1n) is 5.22. The minimum absolute atomic E-state index is 0.0837. The topological polar surface area (TPSA) is 104 Å². The zero-order valence-corrected chi connectivity index (χ0v) is 9.90. The Morgan fingerprint density at radius 1 is 1.53 bits per heavy atom. The van der Waals surface area contributed by atoms with Crippen molar-refractivity contribution < 1.29 is 9.90 Å². The number of aromatic amines is 1. The number of likely N-dealkylation sites (N-methyl/N-ethyl adjacent to an activating group) is 1. The number of rotatable bonds is 3. The fourth-order valence-corrected chi connectivity index (χ4v) is 1.58. The third-order valence-corrected chi connectivity index (χ3v) is 2.58. The molecular weight excluding hydrogens is 226 g/mol. The molecule has 1 aromatic rings. The van der Waals surface area contributed by atoms with Crippen molar-refractivity contribution in [1.29, 1.82) is 0 Å². The van der Waals surface area contributed by atoms with Crippen molar-refractivity contribution in [3.05, 3.63) is 26.4 Å². The Bertz CT molecular complexity index is 543. The molecular formula is C10H15N3O4. The van der Waals surface area contributed by atoms with Crippen molar-refractivity contribution in [3.63, 3.8) is 0 Å². The fraction of sp³-hybridized carbons (Fsp3) is 0.500. The molecule has 1 amide bonds. The van der Waals surface area contributed by atoms with Crippen LogP contribution in [0.2, 0.25) is 0 Å². The minimum atomic E-state index is -0.894. The van der Waals surface area contributed by atoms with Gasteiger partial charge in [-0.25, -0.2) is 4.79 Å². The van der Waals surface area contributed by atoms with Crippen molar-refractivity contribution in [2.45, 2.75) is 26.3 Å². The summed E-state index contributed by atoms with van der Waals surface area (Å²) in [5.41, 5.74) is -1.35. The molecule has 7 nitrogen and oxygen atoms in total. The van der Waals surface area contributed by atoms with E-state index in [4.69, 9.17) is 0 Å². The smallest absolute Gasteiger partial charge is 0.331 e. The van der Waals surface area contributed by atoms with Gasteiger partial charge in [0.2, 0.25) is 11.8 Å². The number of hydrogen-bond acceptors (Lipinski definition) is 4. The van der Waals surface area contributed by atoms with Gasteiger partial charge in [0.25, 0.3) is 5.56 Å². The predicted molar refractivity (Wildman–Crippen MR) is 61.1 cm³/mol. The molecule has 0 aliphatic rings. The van der Waals surface area contributed by atoms with E-state index in [0.717, 1.165) is 4.57 Å². The Morgan fingerprint density at radius 2 is 2.12 bits per heavy atom. The molecule has 1 unspecified atom stereocenters. The van der Waals surface area contributed by atoms with Crippen molar-refractivity contribution in [2.24, 2.45) is 0 Å². The average molecular weight is 241 g/mol. The highest BCUT2D eigenvalue weighted by Gasteiger charge is 2.21. The molecule has 0 saturated carbocycles. The van der Waals surface area contributed by atoms with Crippen LogP contribution in [0.15, 0.2) is 9.59 Å². The lowest BCUT2D eigenvalue weighted by Crippen LogP contribution is -2.38. The first-order valence-corrected chi connectivity index (χ1v) is 5.22. The Balaban J connectivity index is 3.49. The summed E-state index contributed by atoms with van der Waals surface area (Å²) in [6.45, 7) is 3.13. The standard InChI is InChI=1S/C10H15N3O4/c1-4-6-8(15)12-10(17)13(9(6)16)5(2)7(14)11-3/h5,16H,4H2,1-3H3,(H,11,14)(H,12,15,17). The molecule has 1 heterocycles. The Labute approximate surface area is 97.1 Å². The van der Waals surface area contributed by atoms with Crippen LogP contribution in [0.3, 0.4) is 0 Å². The van der Waals surface area contributed by atoms with Gasteiger partial charge in [0.1, 0.15) is 6.04 Å². The quantitative estimate of drug-likeness (QED) is 0.638. The van der Waals surface area contributed by atoms with Gasteiger partial charge in [0.15, 0.2) is 0 Å². The van der Waals surface area contributed by atoms with E-state index < -0.39 is 29.1 Å². The summed E-state index contributed by atoms with van der Waals surface area (Å²) in [6, 6.07) is -0.894. The average Bonchev–Trinajstić information content (AvgIpc) is 2.27. The molecule has 94 valence electrons. The van der Waals surface area contributed by atoms with Gasteiger partial charge in [-0.1, -0.05) is 6.92 Å². The molecule has 1 atom stereocenters. The van der Waals surface area contributed by atoms with E-state index in [1.54, 1.807) is 6.92 Å². The SMILES string of the molecule is CCc1c(O)n(C(C)C(=O)NC)c(=O)[nH]c1=O. The molecule has 0 radical (unpaired) electrons. The first-order chi connectivity index (χ1) is 7.93. The van der Waals surface area contributed by atoms with Crippen LogP contribution >= 0.6 is 0 Å². The van der Waals surface area contributed by atoms with Crippen molar-refractivity contribution in [3.8, 4) is 5.88 Å². The minimum Gasteiger partial charge on any atom is -0.494 e. The highest BCUT2D eigenvalue weighted by atomic mass is 16.3. The maximum atomic E-state index is 11.6. The second-order valence-electron chi connectivity index (χ2n) is 3.58. The maximum Gasteiger partial charge on any atom is 0.331 e. The predicted octanol–water partition coefficient (Wildman–Crippen LogP) is -0.888. The summed E-state index contributed by atoms with van der Waals surface area (Å²) in [6.07, 6.45) is 0.266. The largest absolute Gasteiger partial charge is 0.494 e. The molecule has 17 heavy (non-hydrogen) atoms. The van der Waals surface area contributed by atoms with E-state index in [1.165, 1.54) is 14.0 Å². The molecule has 0 spiro atoms. The number of H-pyrrole nitrogens is 1. The van der Waals surface area contributed by atoms with Crippen molar-refractivity contribution in [1.82, 2.24) is 14.9 Å². The summed E-state index contributed by atoms with van der Waals surface area (Å²) < 4.78 is 0.860. The Morgan fingerprint density at radius 3 is 2.59 bits per heavy atom. The van der Waals surface area contributed by atoms with Gasteiger partial charge >= 0.3 is 5.69 Å². The van der Waals surface area contributed by atoms with Crippen LogP contribution in [-0.2, 0) is 11.2 Å². The number of hydrogen-bond donors (Lipinski definition) is 3. The van der Waals surface area contributed by atoms with E-state index in [2.05, 4.69) is 10.3 Å². The number of aromatic hydroxyl groups is 1. The van der Waals surface area contributed by atoms with Crippen LogP contribution in [0.5, 0.6) is 5.88 Å². The Kier molecular flexibility index (Phi) is 3.72. The highest BCUT2D eigenvalue weighted by molar-refractivity contribution is 5.79. The zero-order chi connectivity index (χ0) is 13.2. The molecule has 1 aromatic heterocycles. The van der Waals surface area contributed by atoms with E-state index in [1.807, 2.05) is 0 Å². The summed E-state index contributed by atoms with van der Waals surface area (Å²) in [4.78, 5) is 36.4. The van der Waals surface area contributed by atoms with Gasteiger partial charge in [-0.05, 0) is 13.3 Å².